The molecule has 0 saturated carbocycles. The molecule has 33 heavy (non-hydrogen) atoms. The number of rotatable bonds is 5. The molecule has 0 bridgehead atoms. The van der Waals surface area contributed by atoms with E-state index in [1.165, 1.54) is 11.1 Å². The molecule has 6 rings (SSSR count). The lowest BCUT2D eigenvalue weighted by Gasteiger charge is -2.21. The van der Waals surface area contributed by atoms with E-state index in [9.17, 15) is 0 Å². The number of nitrogens with two attached hydrogens (primary N) is 1. The Balaban J connectivity index is 1.27. The zero-order chi connectivity index (χ0) is 22.4. The summed E-state index contributed by atoms with van der Waals surface area (Å²) in [7, 11) is 0. The van der Waals surface area contributed by atoms with E-state index in [1.54, 1.807) is 6.20 Å². The van der Waals surface area contributed by atoms with Crippen molar-refractivity contribution in [3.63, 3.8) is 0 Å². The van der Waals surface area contributed by atoms with Crippen LogP contribution in [-0.2, 0) is 13.1 Å². The predicted molar refractivity (Wildman–Crippen MR) is 129 cm³/mol. The van der Waals surface area contributed by atoms with E-state index in [-0.39, 0.29) is 0 Å². The van der Waals surface area contributed by atoms with Gasteiger partial charge in [0.2, 0.25) is 0 Å². The topological polar surface area (TPSA) is 75.6 Å². The van der Waals surface area contributed by atoms with Gasteiger partial charge in [0.15, 0.2) is 5.65 Å². The van der Waals surface area contributed by atoms with Gasteiger partial charge >= 0.3 is 0 Å². The first-order chi connectivity index (χ1) is 16.2. The highest BCUT2D eigenvalue weighted by Gasteiger charge is 2.34. The number of hydrogen-bond donors (Lipinski definition) is 1. The molecule has 1 fully saturated rings. The fourth-order valence-electron chi connectivity index (χ4n) is 5.06. The largest absolute Gasteiger partial charge is 0.372 e. The molecule has 2 aliphatic rings. The van der Waals surface area contributed by atoms with Crippen LogP contribution < -0.4 is 10.6 Å². The summed E-state index contributed by atoms with van der Waals surface area (Å²) in [6, 6.07) is 18.9. The molecule has 1 aromatic carbocycles. The lowest BCUT2D eigenvalue weighted by Crippen LogP contribution is -2.26. The zero-order valence-corrected chi connectivity index (χ0v) is 18.7. The monoisotopic (exact) mass is 437 g/mol. The summed E-state index contributed by atoms with van der Waals surface area (Å²) in [5, 5.41) is 5.01. The Labute approximate surface area is 193 Å². The molecule has 1 saturated heterocycles. The van der Waals surface area contributed by atoms with Crippen molar-refractivity contribution in [1.29, 1.82) is 0 Å². The minimum Gasteiger partial charge on any atom is -0.372 e. The number of fused-ring (bicyclic) bond motifs is 2. The second kappa shape index (κ2) is 8.01. The van der Waals surface area contributed by atoms with Crippen molar-refractivity contribution in [2.24, 2.45) is 11.7 Å². The number of aryl methyl sites for hydroxylation is 1. The highest BCUT2D eigenvalue weighted by molar-refractivity contribution is 5.67. The van der Waals surface area contributed by atoms with Crippen LogP contribution in [0.25, 0.3) is 16.9 Å². The van der Waals surface area contributed by atoms with Gasteiger partial charge in [-0.15, -0.1) is 5.10 Å². The molecule has 1 unspecified atom stereocenters. The molecule has 4 aromatic rings. The van der Waals surface area contributed by atoms with Crippen LogP contribution in [0.1, 0.15) is 17.0 Å². The summed E-state index contributed by atoms with van der Waals surface area (Å²) in [6.07, 6.45) is 4.16. The number of benzene rings is 1. The molecule has 166 valence electrons. The third kappa shape index (κ3) is 3.64. The first kappa shape index (κ1) is 19.9. The van der Waals surface area contributed by atoms with E-state index in [0.717, 1.165) is 60.3 Å². The summed E-state index contributed by atoms with van der Waals surface area (Å²) in [4.78, 5) is 13.9. The molecule has 0 amide bonds. The van der Waals surface area contributed by atoms with Crippen LogP contribution in [0.4, 0.5) is 5.82 Å². The average Bonchev–Trinajstić information content (AvgIpc) is 3.49. The van der Waals surface area contributed by atoms with Crippen molar-refractivity contribution in [3.05, 3.63) is 89.5 Å². The van der Waals surface area contributed by atoms with E-state index in [0.29, 0.717) is 12.5 Å². The predicted octanol–water partition coefficient (Wildman–Crippen LogP) is 3.39. The summed E-state index contributed by atoms with van der Waals surface area (Å²) in [5.74, 6) is 1.54. The van der Waals surface area contributed by atoms with E-state index in [1.807, 2.05) is 23.6 Å². The van der Waals surface area contributed by atoms with Gasteiger partial charge < -0.3 is 15.5 Å². The molecule has 7 nitrogen and oxygen atoms in total. The van der Waals surface area contributed by atoms with Crippen molar-refractivity contribution in [1.82, 2.24) is 24.5 Å². The minimum absolute atomic E-state index is 0.411. The van der Waals surface area contributed by atoms with Gasteiger partial charge in [0.25, 0.3) is 0 Å². The van der Waals surface area contributed by atoms with Crippen molar-refractivity contribution in [3.8, 4) is 11.3 Å². The Hall–Kier alpha value is -3.71. The van der Waals surface area contributed by atoms with Crippen LogP contribution >= 0.6 is 0 Å². The smallest absolute Gasteiger partial charge is 0.154 e. The van der Waals surface area contributed by atoms with E-state index in [2.05, 4.69) is 63.4 Å². The lowest BCUT2D eigenvalue weighted by atomic mass is 10.1. The van der Waals surface area contributed by atoms with Crippen LogP contribution in [0.3, 0.4) is 0 Å². The van der Waals surface area contributed by atoms with Crippen LogP contribution in [0.5, 0.6) is 0 Å². The maximum Gasteiger partial charge on any atom is 0.154 e. The van der Waals surface area contributed by atoms with E-state index in [4.69, 9.17) is 15.8 Å². The summed E-state index contributed by atoms with van der Waals surface area (Å²) in [6.45, 7) is 6.39. The molecule has 2 aliphatic heterocycles. The fraction of sp³-hybridized carbons (Fsp3) is 0.269. The number of imidazole rings is 1. The Morgan fingerprint density at radius 3 is 2.76 bits per heavy atom. The van der Waals surface area contributed by atoms with Gasteiger partial charge in [0.1, 0.15) is 5.82 Å². The molecule has 0 radical (unpaired) electrons. The van der Waals surface area contributed by atoms with Crippen molar-refractivity contribution >= 4 is 11.5 Å². The van der Waals surface area contributed by atoms with Gasteiger partial charge in [-0.1, -0.05) is 30.3 Å². The number of pyridine rings is 1. The molecule has 0 aliphatic carbocycles. The quantitative estimate of drug-likeness (QED) is 0.516. The Kier molecular flexibility index (Phi) is 4.84. The van der Waals surface area contributed by atoms with Crippen molar-refractivity contribution < 1.29 is 0 Å². The SMILES string of the molecule is Cc1nc2ccc(N3CC4=CN(Cc5ccccc5)CC4C3)nn2c1-c1ccnc(CN)c1. The average molecular weight is 438 g/mol. The number of nitrogens with zero attached hydrogens (tertiary/aromatic N) is 6. The molecular weight excluding hydrogens is 410 g/mol. The van der Waals surface area contributed by atoms with E-state index >= 15 is 0 Å². The normalized spacial score (nSPS) is 17.6. The molecule has 0 spiro atoms. The standard InChI is InChI=1S/C26H27N7/c1-18-26(20-9-10-28-23(11-20)12-27)33-24(29-18)7-8-25(30-33)32-16-21-14-31(15-22(21)17-32)13-19-5-3-2-4-6-19/h2-11,14,22H,12-13,15-17,27H2,1H3. The van der Waals surface area contributed by atoms with Gasteiger partial charge in [0.05, 0.1) is 17.1 Å². The number of hydrogen-bond acceptors (Lipinski definition) is 6. The highest BCUT2D eigenvalue weighted by atomic mass is 15.3. The molecule has 2 N–H and O–H groups in total. The molecule has 7 heteroatoms. The maximum atomic E-state index is 5.81. The molecule has 3 aromatic heterocycles. The number of aromatic nitrogens is 4. The third-order valence-corrected chi connectivity index (χ3v) is 6.63. The summed E-state index contributed by atoms with van der Waals surface area (Å²) >= 11 is 0. The van der Waals surface area contributed by atoms with Gasteiger partial charge in [-0.05, 0) is 42.3 Å². The number of anilines is 1. The fourth-order valence-corrected chi connectivity index (χ4v) is 5.06. The third-order valence-electron chi connectivity index (χ3n) is 6.63. The van der Waals surface area contributed by atoms with Crippen LogP contribution in [-0.4, -0.2) is 44.1 Å². The zero-order valence-electron chi connectivity index (χ0n) is 18.7. The lowest BCUT2D eigenvalue weighted by molar-refractivity contribution is 0.365. The first-order valence-electron chi connectivity index (χ1n) is 11.4. The maximum absolute atomic E-state index is 5.81. The van der Waals surface area contributed by atoms with Crippen molar-refractivity contribution in [2.75, 3.05) is 24.5 Å². The van der Waals surface area contributed by atoms with Gasteiger partial charge in [-0.2, -0.15) is 0 Å². The Bertz CT molecular complexity index is 1340. The van der Waals surface area contributed by atoms with E-state index < -0.39 is 0 Å². The van der Waals surface area contributed by atoms with Gasteiger partial charge in [-0.25, -0.2) is 9.50 Å². The van der Waals surface area contributed by atoms with Gasteiger partial charge in [0, 0.05) is 56.6 Å². The Morgan fingerprint density at radius 1 is 1.06 bits per heavy atom. The first-order valence-corrected chi connectivity index (χ1v) is 11.4. The van der Waals surface area contributed by atoms with Crippen LogP contribution in [0.2, 0.25) is 0 Å². The van der Waals surface area contributed by atoms with Crippen LogP contribution in [0.15, 0.2) is 72.6 Å². The minimum atomic E-state index is 0.411. The molecular formula is C26H27N7. The van der Waals surface area contributed by atoms with Crippen LogP contribution in [0, 0.1) is 12.8 Å². The van der Waals surface area contributed by atoms with Gasteiger partial charge in [-0.3, -0.25) is 4.98 Å². The summed E-state index contributed by atoms with van der Waals surface area (Å²) in [5.41, 5.74) is 13.4. The second-order valence-electron chi connectivity index (χ2n) is 8.94. The second-order valence-corrected chi connectivity index (χ2v) is 8.94. The highest BCUT2D eigenvalue weighted by Crippen LogP contribution is 2.33. The molecule has 1 atom stereocenters. The van der Waals surface area contributed by atoms with Crippen molar-refractivity contribution in [2.45, 2.75) is 20.0 Å². The molecule has 5 heterocycles. The Morgan fingerprint density at radius 2 is 1.94 bits per heavy atom. The summed E-state index contributed by atoms with van der Waals surface area (Å²) < 4.78 is 1.96.